The third-order valence-electron chi connectivity index (χ3n) is 5.72. The number of nitrogens with one attached hydrogen (secondary N) is 1. The van der Waals surface area contributed by atoms with Gasteiger partial charge < -0.3 is 14.8 Å². The van der Waals surface area contributed by atoms with E-state index in [1.807, 2.05) is 31.2 Å². The molecule has 2 N–H and O–H groups in total. The number of carbonyl (C=O) groups is 2. The number of halogens is 1. The topological polar surface area (TPSA) is 110 Å². The molecule has 0 unspecified atom stereocenters. The summed E-state index contributed by atoms with van der Waals surface area (Å²) in [7, 11) is 0. The molecule has 34 heavy (non-hydrogen) atoms. The van der Waals surface area contributed by atoms with Gasteiger partial charge in [0.05, 0.1) is 40.8 Å². The molecule has 0 aliphatic heterocycles. The zero-order valence-electron chi connectivity index (χ0n) is 18.0. The van der Waals surface area contributed by atoms with Crippen LogP contribution in [0, 0.1) is 0 Å². The van der Waals surface area contributed by atoms with Crippen LogP contribution in [0.2, 0.25) is 5.02 Å². The number of hydrogen-bond donors (Lipinski definition) is 2. The smallest absolute Gasteiger partial charge is 0.335 e. The van der Waals surface area contributed by atoms with Gasteiger partial charge in [-0.25, -0.2) is 9.78 Å². The average Bonchev–Trinajstić information content (AvgIpc) is 3.47. The lowest BCUT2D eigenvalue weighted by Crippen LogP contribution is -2.27. The molecule has 8 nitrogen and oxygen atoms in total. The quantitative estimate of drug-likeness (QED) is 0.355. The highest BCUT2D eigenvalue weighted by atomic mass is 35.5. The maximum Gasteiger partial charge on any atom is 0.335 e. The molecule has 0 bridgehead atoms. The van der Waals surface area contributed by atoms with Gasteiger partial charge in [0.15, 0.2) is 12.0 Å². The van der Waals surface area contributed by atoms with Gasteiger partial charge in [0.2, 0.25) is 0 Å². The minimum Gasteiger partial charge on any atom is -0.478 e. The number of carbonyl (C=O) groups excluding carboxylic acids is 1. The van der Waals surface area contributed by atoms with Crippen LogP contribution < -0.4 is 5.32 Å². The summed E-state index contributed by atoms with van der Waals surface area (Å²) in [5, 5.41) is 18.0. The van der Waals surface area contributed by atoms with Crippen molar-refractivity contribution in [3.63, 3.8) is 0 Å². The third kappa shape index (κ3) is 3.99. The van der Waals surface area contributed by atoms with Gasteiger partial charge in [-0.15, -0.1) is 0 Å². The van der Waals surface area contributed by atoms with E-state index in [1.165, 1.54) is 18.5 Å². The van der Waals surface area contributed by atoms with E-state index < -0.39 is 5.97 Å². The standard InChI is InChI=1S/C25H19ClN4O4/c1-14(16-4-6-17(7-5-16)25(32)33)29-24(31)19-10-21-22(27-13-34-21)20-11-28-30(23(19)20)12-15-2-8-18(26)9-3-15/h2-11,13-14H,12H2,1H3,(H,29,31)(H,32,33)/t14-/m0/s1. The SMILES string of the molecule is C[C@H](NC(=O)c1cc2ocnc2c2cnn(Cc3ccc(Cl)cc3)c12)c1ccc(C(=O)O)cc1. The molecular weight excluding hydrogens is 456 g/mol. The highest BCUT2D eigenvalue weighted by Crippen LogP contribution is 2.29. The minimum atomic E-state index is -1.00. The Kier molecular flexibility index (Phi) is 5.51. The normalized spacial score (nSPS) is 12.2. The van der Waals surface area contributed by atoms with Gasteiger partial charge in [-0.2, -0.15) is 5.10 Å². The Morgan fingerprint density at radius 2 is 1.88 bits per heavy atom. The molecule has 0 spiro atoms. The van der Waals surface area contributed by atoms with E-state index in [2.05, 4.69) is 15.4 Å². The van der Waals surface area contributed by atoms with Crippen molar-refractivity contribution in [3.8, 4) is 0 Å². The van der Waals surface area contributed by atoms with E-state index in [-0.39, 0.29) is 17.5 Å². The Bertz CT molecular complexity index is 1520. The largest absolute Gasteiger partial charge is 0.478 e. The first kappa shape index (κ1) is 21.7. The number of amides is 1. The van der Waals surface area contributed by atoms with Crippen molar-refractivity contribution < 1.29 is 19.1 Å². The Morgan fingerprint density at radius 3 is 2.59 bits per heavy atom. The number of nitrogens with zero attached hydrogens (tertiary/aromatic N) is 3. The highest BCUT2D eigenvalue weighted by Gasteiger charge is 2.21. The van der Waals surface area contributed by atoms with E-state index in [1.54, 1.807) is 29.1 Å². The van der Waals surface area contributed by atoms with Gasteiger partial charge in [-0.1, -0.05) is 35.9 Å². The fourth-order valence-corrected chi connectivity index (χ4v) is 4.06. The van der Waals surface area contributed by atoms with Crippen molar-refractivity contribution in [2.75, 3.05) is 0 Å². The van der Waals surface area contributed by atoms with Gasteiger partial charge in [-0.3, -0.25) is 9.48 Å². The molecule has 5 aromatic rings. The average molecular weight is 475 g/mol. The van der Waals surface area contributed by atoms with E-state index in [0.717, 1.165) is 11.1 Å². The molecule has 170 valence electrons. The van der Waals surface area contributed by atoms with Crippen LogP contribution in [-0.2, 0) is 6.54 Å². The van der Waals surface area contributed by atoms with Crippen molar-refractivity contribution in [1.29, 1.82) is 0 Å². The molecule has 0 saturated carbocycles. The molecule has 3 aromatic carbocycles. The van der Waals surface area contributed by atoms with Crippen molar-refractivity contribution in [2.24, 2.45) is 0 Å². The van der Waals surface area contributed by atoms with Gasteiger partial charge in [0.25, 0.3) is 5.91 Å². The predicted octanol–water partition coefficient (Wildman–Crippen LogP) is 5.07. The lowest BCUT2D eigenvalue weighted by atomic mass is 10.0. The second-order valence-electron chi connectivity index (χ2n) is 7.94. The number of aromatic nitrogens is 3. The van der Waals surface area contributed by atoms with Crippen LogP contribution in [0.15, 0.2) is 71.6 Å². The number of hydrogen-bond acceptors (Lipinski definition) is 5. The second kappa shape index (κ2) is 8.64. The number of aromatic carboxylic acids is 1. The summed E-state index contributed by atoms with van der Waals surface area (Å²) in [4.78, 5) is 28.8. The molecule has 0 fully saturated rings. The first-order valence-corrected chi connectivity index (χ1v) is 10.9. The molecule has 0 aliphatic carbocycles. The van der Waals surface area contributed by atoms with Crippen molar-refractivity contribution in [3.05, 3.63) is 94.5 Å². The molecular formula is C25H19ClN4O4. The number of oxazole rings is 1. The third-order valence-corrected chi connectivity index (χ3v) is 5.97. The van der Waals surface area contributed by atoms with Crippen LogP contribution in [0.1, 0.15) is 44.8 Å². The molecule has 1 atom stereocenters. The Morgan fingerprint density at radius 1 is 1.15 bits per heavy atom. The van der Waals surface area contributed by atoms with Gasteiger partial charge >= 0.3 is 5.97 Å². The number of fused-ring (bicyclic) bond motifs is 3. The monoisotopic (exact) mass is 474 g/mol. The predicted molar refractivity (Wildman–Crippen MR) is 127 cm³/mol. The summed E-state index contributed by atoms with van der Waals surface area (Å²) in [5.41, 5.74) is 4.11. The first-order valence-electron chi connectivity index (χ1n) is 10.5. The second-order valence-corrected chi connectivity index (χ2v) is 8.37. The van der Waals surface area contributed by atoms with Crippen LogP contribution in [0.25, 0.3) is 22.0 Å². The Balaban J connectivity index is 1.51. The fraction of sp³-hybridized carbons (Fsp3) is 0.120. The molecule has 9 heteroatoms. The summed E-state index contributed by atoms with van der Waals surface area (Å²) in [6.07, 6.45) is 3.02. The first-order chi connectivity index (χ1) is 16.4. The summed E-state index contributed by atoms with van der Waals surface area (Å²) >= 11 is 6.01. The van der Waals surface area contributed by atoms with E-state index in [9.17, 15) is 9.59 Å². The number of carboxylic acids is 1. The highest BCUT2D eigenvalue weighted by molar-refractivity contribution is 6.30. The zero-order valence-corrected chi connectivity index (χ0v) is 18.8. The molecule has 0 aliphatic rings. The number of benzene rings is 3. The molecule has 5 rings (SSSR count). The molecule has 0 saturated heterocycles. The van der Waals surface area contributed by atoms with Crippen molar-refractivity contribution in [1.82, 2.24) is 20.1 Å². The molecule has 1 amide bonds. The molecule has 2 aromatic heterocycles. The lowest BCUT2D eigenvalue weighted by Gasteiger charge is -2.16. The van der Waals surface area contributed by atoms with Crippen LogP contribution >= 0.6 is 11.6 Å². The van der Waals surface area contributed by atoms with Crippen LogP contribution in [0.5, 0.6) is 0 Å². The summed E-state index contributed by atoms with van der Waals surface area (Å²) in [5.74, 6) is -1.31. The zero-order chi connectivity index (χ0) is 23.8. The lowest BCUT2D eigenvalue weighted by molar-refractivity contribution is 0.0696. The number of rotatable bonds is 6. The van der Waals surface area contributed by atoms with E-state index in [0.29, 0.717) is 39.1 Å². The van der Waals surface area contributed by atoms with Crippen LogP contribution in [0.3, 0.4) is 0 Å². The van der Waals surface area contributed by atoms with Crippen molar-refractivity contribution in [2.45, 2.75) is 19.5 Å². The van der Waals surface area contributed by atoms with E-state index >= 15 is 0 Å². The van der Waals surface area contributed by atoms with Gasteiger partial charge in [0, 0.05) is 5.02 Å². The van der Waals surface area contributed by atoms with Crippen LogP contribution in [0.4, 0.5) is 0 Å². The number of carboxylic acid groups (broad SMARTS) is 1. The molecule has 2 heterocycles. The molecule has 0 radical (unpaired) electrons. The summed E-state index contributed by atoms with van der Waals surface area (Å²) in [6.45, 7) is 2.28. The Labute approximate surface area is 198 Å². The Hall–Kier alpha value is -4.17. The minimum absolute atomic E-state index is 0.186. The summed E-state index contributed by atoms with van der Waals surface area (Å²) in [6, 6.07) is 15.2. The fourth-order valence-electron chi connectivity index (χ4n) is 3.93. The van der Waals surface area contributed by atoms with Gasteiger partial charge in [-0.05, 0) is 48.4 Å². The van der Waals surface area contributed by atoms with Crippen LogP contribution in [-0.4, -0.2) is 31.7 Å². The summed E-state index contributed by atoms with van der Waals surface area (Å²) < 4.78 is 7.24. The van der Waals surface area contributed by atoms with Gasteiger partial charge in [0.1, 0.15) is 5.52 Å². The van der Waals surface area contributed by atoms with Crippen molar-refractivity contribution >= 4 is 45.5 Å². The maximum absolute atomic E-state index is 13.4. The van der Waals surface area contributed by atoms with E-state index in [4.69, 9.17) is 21.1 Å². The maximum atomic E-state index is 13.4.